The molecular weight excluding hydrogens is 258 g/mol. The van der Waals surface area contributed by atoms with Gasteiger partial charge in [0.15, 0.2) is 11.5 Å². The van der Waals surface area contributed by atoms with E-state index in [9.17, 15) is 13.6 Å². The van der Waals surface area contributed by atoms with Crippen LogP contribution < -0.4 is 9.47 Å². The first-order valence-electron chi connectivity index (χ1n) is 5.84. The second-order valence-electron chi connectivity index (χ2n) is 3.77. The van der Waals surface area contributed by atoms with Crippen molar-refractivity contribution in [1.29, 1.82) is 0 Å². The highest BCUT2D eigenvalue weighted by Gasteiger charge is 2.11. The van der Waals surface area contributed by atoms with Crippen LogP contribution in [0.2, 0.25) is 0 Å². The van der Waals surface area contributed by atoms with Crippen LogP contribution in [-0.2, 0) is 16.1 Å². The molecule has 0 aliphatic heterocycles. The van der Waals surface area contributed by atoms with Crippen molar-refractivity contribution >= 4 is 5.97 Å². The van der Waals surface area contributed by atoms with E-state index in [-0.39, 0.29) is 24.1 Å². The molecular formula is C13H16F2O4. The summed E-state index contributed by atoms with van der Waals surface area (Å²) in [5.41, 5.74) is 0.642. The van der Waals surface area contributed by atoms with Crippen LogP contribution in [0.3, 0.4) is 0 Å². The normalized spacial score (nSPS) is 10.4. The number of alkyl halides is 2. The van der Waals surface area contributed by atoms with Gasteiger partial charge in [0.25, 0.3) is 0 Å². The largest absolute Gasteiger partial charge is 0.493 e. The summed E-state index contributed by atoms with van der Waals surface area (Å²) in [7, 11) is 1.35. The van der Waals surface area contributed by atoms with Crippen molar-refractivity contribution < 1.29 is 27.8 Å². The molecule has 1 aromatic rings. The van der Waals surface area contributed by atoms with Crippen LogP contribution in [0.4, 0.5) is 8.78 Å². The van der Waals surface area contributed by atoms with Crippen LogP contribution in [0.1, 0.15) is 25.3 Å². The van der Waals surface area contributed by atoms with Crippen LogP contribution in [0.25, 0.3) is 0 Å². The Morgan fingerprint density at radius 1 is 1.32 bits per heavy atom. The Morgan fingerprint density at radius 2 is 2.05 bits per heavy atom. The lowest BCUT2D eigenvalue weighted by Crippen LogP contribution is -2.05. The zero-order valence-corrected chi connectivity index (χ0v) is 10.8. The minimum atomic E-state index is -2.91. The molecule has 0 saturated heterocycles. The highest BCUT2D eigenvalue weighted by molar-refractivity contribution is 5.69. The first-order chi connectivity index (χ1) is 9.06. The van der Waals surface area contributed by atoms with E-state index in [2.05, 4.69) is 4.74 Å². The molecule has 0 amide bonds. The van der Waals surface area contributed by atoms with Gasteiger partial charge in [-0.05, 0) is 24.1 Å². The molecule has 0 N–H and O–H groups in total. The molecule has 1 rings (SSSR count). The Labute approximate surface area is 110 Å². The van der Waals surface area contributed by atoms with E-state index in [1.54, 1.807) is 6.07 Å². The van der Waals surface area contributed by atoms with Crippen molar-refractivity contribution in [2.75, 3.05) is 7.11 Å². The summed E-state index contributed by atoms with van der Waals surface area (Å²) in [5, 5.41) is 0. The third-order valence-corrected chi connectivity index (χ3v) is 2.30. The smallest absolute Gasteiger partial charge is 0.387 e. The first kappa shape index (κ1) is 15.2. The van der Waals surface area contributed by atoms with Gasteiger partial charge >= 0.3 is 12.6 Å². The van der Waals surface area contributed by atoms with Gasteiger partial charge in [-0.25, -0.2) is 0 Å². The molecule has 0 aromatic heterocycles. The second kappa shape index (κ2) is 7.56. The van der Waals surface area contributed by atoms with Gasteiger partial charge < -0.3 is 14.2 Å². The maximum Gasteiger partial charge on any atom is 0.387 e. The molecule has 6 heteroatoms. The number of hydrogen-bond donors (Lipinski definition) is 0. The summed E-state index contributed by atoms with van der Waals surface area (Å²) in [5.74, 6) is -0.181. The van der Waals surface area contributed by atoms with Crippen molar-refractivity contribution in [2.24, 2.45) is 0 Å². The molecule has 0 spiro atoms. The quantitative estimate of drug-likeness (QED) is 0.716. The van der Waals surface area contributed by atoms with Gasteiger partial charge in [0.1, 0.15) is 6.61 Å². The van der Waals surface area contributed by atoms with Gasteiger partial charge in [-0.2, -0.15) is 8.78 Å². The molecule has 0 radical (unpaired) electrons. The number of carbonyl (C=O) groups excluding carboxylic acids is 1. The molecule has 0 bridgehead atoms. The SMILES string of the molecule is CCCC(=O)OCc1ccc(OC(F)F)c(OC)c1. The molecule has 4 nitrogen and oxygen atoms in total. The third-order valence-electron chi connectivity index (χ3n) is 2.30. The zero-order chi connectivity index (χ0) is 14.3. The molecule has 106 valence electrons. The van der Waals surface area contributed by atoms with Crippen molar-refractivity contribution in [3.8, 4) is 11.5 Å². The van der Waals surface area contributed by atoms with Crippen LogP contribution in [-0.4, -0.2) is 19.7 Å². The summed E-state index contributed by atoms with van der Waals surface area (Å²) in [6, 6.07) is 4.39. The summed E-state index contributed by atoms with van der Waals surface area (Å²) >= 11 is 0. The maximum absolute atomic E-state index is 12.1. The average molecular weight is 274 g/mol. The van der Waals surface area contributed by atoms with E-state index in [0.29, 0.717) is 18.4 Å². The van der Waals surface area contributed by atoms with E-state index in [0.717, 1.165) is 0 Å². The van der Waals surface area contributed by atoms with Crippen LogP contribution in [0.15, 0.2) is 18.2 Å². The fourth-order valence-electron chi connectivity index (χ4n) is 1.44. The Morgan fingerprint density at radius 3 is 2.63 bits per heavy atom. The summed E-state index contributed by atoms with van der Waals surface area (Å²) in [6.07, 6.45) is 1.06. The van der Waals surface area contributed by atoms with Crippen LogP contribution in [0.5, 0.6) is 11.5 Å². The highest BCUT2D eigenvalue weighted by Crippen LogP contribution is 2.29. The predicted octanol–water partition coefficient (Wildman–Crippen LogP) is 3.14. The summed E-state index contributed by atoms with van der Waals surface area (Å²) < 4.78 is 38.5. The van der Waals surface area contributed by atoms with Crippen molar-refractivity contribution in [2.45, 2.75) is 33.0 Å². The molecule has 0 atom stereocenters. The number of methoxy groups -OCH3 is 1. The van der Waals surface area contributed by atoms with Gasteiger partial charge in [0.05, 0.1) is 7.11 Å². The number of benzene rings is 1. The molecule has 0 aliphatic rings. The molecule has 1 aromatic carbocycles. The Balaban J connectivity index is 2.68. The second-order valence-corrected chi connectivity index (χ2v) is 3.77. The lowest BCUT2D eigenvalue weighted by Gasteiger charge is -2.11. The topological polar surface area (TPSA) is 44.8 Å². The third kappa shape index (κ3) is 5.11. The zero-order valence-electron chi connectivity index (χ0n) is 10.8. The summed E-state index contributed by atoms with van der Waals surface area (Å²) in [6.45, 7) is -0.965. The van der Waals surface area contributed by atoms with Crippen LogP contribution in [0, 0.1) is 0 Å². The Hall–Kier alpha value is -1.85. The fourth-order valence-corrected chi connectivity index (χ4v) is 1.44. The number of hydrogen-bond acceptors (Lipinski definition) is 4. The molecule has 0 heterocycles. The molecule has 0 unspecified atom stereocenters. The standard InChI is InChI=1S/C13H16F2O4/c1-3-4-12(16)18-8-9-5-6-10(19-13(14)15)11(7-9)17-2/h5-7,13H,3-4,8H2,1-2H3. The van der Waals surface area contributed by atoms with E-state index in [4.69, 9.17) is 9.47 Å². The average Bonchev–Trinajstić information content (AvgIpc) is 2.37. The lowest BCUT2D eigenvalue weighted by atomic mass is 10.2. The van der Waals surface area contributed by atoms with Crippen molar-refractivity contribution in [3.05, 3.63) is 23.8 Å². The Kier molecular flexibility index (Phi) is 6.05. The molecule has 19 heavy (non-hydrogen) atoms. The van der Waals surface area contributed by atoms with Gasteiger partial charge in [-0.1, -0.05) is 13.0 Å². The van der Waals surface area contributed by atoms with E-state index < -0.39 is 6.61 Å². The monoisotopic (exact) mass is 274 g/mol. The molecule has 0 fully saturated rings. The number of rotatable bonds is 7. The van der Waals surface area contributed by atoms with E-state index >= 15 is 0 Å². The number of halogens is 2. The minimum Gasteiger partial charge on any atom is -0.493 e. The van der Waals surface area contributed by atoms with Crippen LogP contribution >= 0.6 is 0 Å². The van der Waals surface area contributed by atoms with Gasteiger partial charge in [0, 0.05) is 6.42 Å². The number of carbonyl (C=O) groups is 1. The maximum atomic E-state index is 12.1. The first-order valence-corrected chi connectivity index (χ1v) is 5.84. The fraction of sp³-hybridized carbons (Fsp3) is 0.462. The van der Waals surface area contributed by atoms with E-state index in [1.165, 1.54) is 19.2 Å². The number of ether oxygens (including phenoxy) is 3. The van der Waals surface area contributed by atoms with Crippen molar-refractivity contribution in [3.63, 3.8) is 0 Å². The predicted molar refractivity (Wildman–Crippen MR) is 64.3 cm³/mol. The molecule has 0 aliphatic carbocycles. The van der Waals surface area contributed by atoms with Gasteiger partial charge in [-0.15, -0.1) is 0 Å². The number of esters is 1. The van der Waals surface area contributed by atoms with Crippen molar-refractivity contribution in [1.82, 2.24) is 0 Å². The van der Waals surface area contributed by atoms with Gasteiger partial charge in [-0.3, -0.25) is 4.79 Å². The minimum absolute atomic E-state index is 0.0545. The van der Waals surface area contributed by atoms with Gasteiger partial charge in [0.2, 0.25) is 0 Å². The highest BCUT2D eigenvalue weighted by atomic mass is 19.3. The Bertz CT molecular complexity index is 421. The van der Waals surface area contributed by atoms with E-state index in [1.807, 2.05) is 6.92 Å². The molecule has 0 saturated carbocycles. The lowest BCUT2D eigenvalue weighted by molar-refractivity contribution is -0.144. The summed E-state index contributed by atoms with van der Waals surface area (Å²) in [4.78, 5) is 11.2.